The monoisotopic (exact) mass is 400 g/mol. The van der Waals surface area contributed by atoms with Gasteiger partial charge in [0, 0.05) is 32.3 Å². The van der Waals surface area contributed by atoms with Crippen LogP contribution in [0.1, 0.15) is 30.0 Å². The molecular formula is C18H23ClF2N4O2. The number of hydrogen-bond donors (Lipinski definition) is 2. The Kier molecular flexibility index (Phi) is 7.15. The van der Waals surface area contributed by atoms with Crippen LogP contribution in [0.15, 0.2) is 36.7 Å². The summed E-state index contributed by atoms with van der Waals surface area (Å²) in [6, 6.07) is 6.06. The lowest BCUT2D eigenvalue weighted by molar-refractivity contribution is -0.125. The number of halogens is 3. The van der Waals surface area contributed by atoms with E-state index < -0.39 is 6.61 Å². The predicted molar refractivity (Wildman–Crippen MR) is 99.2 cm³/mol. The molecule has 3 atom stereocenters. The van der Waals surface area contributed by atoms with Gasteiger partial charge < -0.3 is 15.4 Å². The molecule has 9 heteroatoms. The van der Waals surface area contributed by atoms with Crippen molar-refractivity contribution in [2.45, 2.75) is 25.5 Å². The summed E-state index contributed by atoms with van der Waals surface area (Å²) in [5.41, 5.74) is 1.73. The second-order valence-electron chi connectivity index (χ2n) is 6.50. The van der Waals surface area contributed by atoms with Gasteiger partial charge in [0.1, 0.15) is 5.75 Å². The van der Waals surface area contributed by atoms with Crippen molar-refractivity contribution >= 4 is 18.3 Å². The van der Waals surface area contributed by atoms with Crippen LogP contribution >= 0.6 is 12.4 Å². The van der Waals surface area contributed by atoms with E-state index in [0.29, 0.717) is 12.1 Å². The number of ether oxygens (including phenoxy) is 1. The highest BCUT2D eigenvalue weighted by molar-refractivity contribution is 5.85. The van der Waals surface area contributed by atoms with Crippen molar-refractivity contribution in [1.82, 2.24) is 20.4 Å². The van der Waals surface area contributed by atoms with Gasteiger partial charge in [0.05, 0.1) is 18.2 Å². The topological polar surface area (TPSA) is 68.2 Å². The van der Waals surface area contributed by atoms with Gasteiger partial charge in [-0.15, -0.1) is 12.4 Å². The van der Waals surface area contributed by atoms with E-state index in [9.17, 15) is 13.6 Å². The normalized spacial score (nSPS) is 20.2. The molecule has 1 aromatic heterocycles. The summed E-state index contributed by atoms with van der Waals surface area (Å²) < 4.78 is 30.9. The van der Waals surface area contributed by atoms with Crippen molar-refractivity contribution in [2.75, 3.05) is 13.1 Å². The van der Waals surface area contributed by atoms with E-state index in [1.54, 1.807) is 23.0 Å². The molecule has 0 bridgehead atoms. The maximum atomic E-state index is 12.8. The van der Waals surface area contributed by atoms with E-state index in [1.807, 2.05) is 20.2 Å². The van der Waals surface area contributed by atoms with E-state index in [2.05, 4.69) is 20.5 Å². The number of nitrogens with one attached hydrogen (secondary N) is 2. The molecule has 0 radical (unpaired) electrons. The summed E-state index contributed by atoms with van der Waals surface area (Å²) in [5.74, 6) is -0.141. The molecule has 2 N–H and O–H groups in total. The summed E-state index contributed by atoms with van der Waals surface area (Å²) in [7, 11) is 1.84. The molecule has 0 aliphatic carbocycles. The molecule has 1 fully saturated rings. The van der Waals surface area contributed by atoms with Gasteiger partial charge in [-0.2, -0.15) is 13.9 Å². The Morgan fingerprint density at radius 2 is 2.19 bits per heavy atom. The number of carbonyl (C=O) groups excluding carboxylic acids is 1. The molecule has 0 saturated carbocycles. The zero-order valence-electron chi connectivity index (χ0n) is 15.1. The molecule has 1 aromatic carbocycles. The van der Waals surface area contributed by atoms with Crippen LogP contribution in [0.25, 0.3) is 0 Å². The second kappa shape index (κ2) is 9.14. The minimum atomic E-state index is -2.88. The third kappa shape index (κ3) is 5.17. The fraction of sp³-hybridized carbons (Fsp3) is 0.444. The lowest BCUT2D eigenvalue weighted by Crippen LogP contribution is -2.36. The molecule has 1 amide bonds. The van der Waals surface area contributed by atoms with Crippen LogP contribution in [0.3, 0.4) is 0 Å². The van der Waals surface area contributed by atoms with Gasteiger partial charge in [0.2, 0.25) is 5.91 Å². The van der Waals surface area contributed by atoms with E-state index in [-0.39, 0.29) is 41.9 Å². The number of hydrogen-bond acceptors (Lipinski definition) is 4. The molecule has 1 saturated heterocycles. The van der Waals surface area contributed by atoms with Gasteiger partial charge in [-0.25, -0.2) is 0 Å². The van der Waals surface area contributed by atoms with Gasteiger partial charge >= 0.3 is 6.61 Å². The third-order valence-corrected chi connectivity index (χ3v) is 4.65. The molecule has 1 aliphatic heterocycles. The van der Waals surface area contributed by atoms with Crippen LogP contribution < -0.4 is 15.4 Å². The van der Waals surface area contributed by atoms with Gasteiger partial charge in [-0.05, 0) is 30.2 Å². The first-order valence-corrected chi connectivity index (χ1v) is 8.48. The SMILES string of the molecule is CC(NC(=O)[C@H]1CNC[C@@H]1c1cnn(C)c1)c1cccc(OC(F)F)c1.Cl. The average Bonchev–Trinajstić information content (AvgIpc) is 3.23. The highest BCUT2D eigenvalue weighted by Gasteiger charge is 2.35. The standard InChI is InChI=1S/C18H22F2N4O2.ClH/c1-11(12-4-3-5-14(6-12)26-18(19)20)23-17(25)16-9-21-8-15(16)13-7-22-24(2)10-13;/h3-7,10-11,15-16,18,21H,8-9H2,1-2H3,(H,23,25);1H/t11?,15-,16+;/m1./s1. The van der Waals surface area contributed by atoms with E-state index in [4.69, 9.17) is 0 Å². The van der Waals surface area contributed by atoms with Gasteiger partial charge in [-0.1, -0.05) is 12.1 Å². The number of amides is 1. The minimum Gasteiger partial charge on any atom is -0.435 e. The van der Waals surface area contributed by atoms with E-state index >= 15 is 0 Å². The van der Waals surface area contributed by atoms with Crippen LogP contribution in [0.4, 0.5) is 8.78 Å². The molecule has 148 valence electrons. The van der Waals surface area contributed by atoms with Crippen molar-refractivity contribution in [3.05, 3.63) is 47.8 Å². The number of rotatable bonds is 6. The van der Waals surface area contributed by atoms with Crippen molar-refractivity contribution in [3.8, 4) is 5.75 Å². The third-order valence-electron chi connectivity index (χ3n) is 4.65. The van der Waals surface area contributed by atoms with Crippen molar-refractivity contribution in [1.29, 1.82) is 0 Å². The molecule has 3 rings (SSSR count). The average molecular weight is 401 g/mol. The smallest absolute Gasteiger partial charge is 0.387 e. The highest BCUT2D eigenvalue weighted by Crippen LogP contribution is 2.29. The summed E-state index contributed by atoms with van der Waals surface area (Å²) in [6.07, 6.45) is 3.71. The molecule has 6 nitrogen and oxygen atoms in total. The van der Waals surface area contributed by atoms with Crippen molar-refractivity contribution < 1.29 is 18.3 Å². The van der Waals surface area contributed by atoms with Gasteiger partial charge in [0.25, 0.3) is 0 Å². The summed E-state index contributed by atoms with van der Waals surface area (Å²) in [6.45, 7) is 0.253. The fourth-order valence-electron chi connectivity index (χ4n) is 3.30. The zero-order chi connectivity index (χ0) is 18.7. The minimum absolute atomic E-state index is 0. The van der Waals surface area contributed by atoms with Crippen LogP contribution in [0, 0.1) is 5.92 Å². The van der Waals surface area contributed by atoms with Crippen LogP contribution in [-0.4, -0.2) is 35.4 Å². The highest BCUT2D eigenvalue weighted by atomic mass is 35.5. The number of benzene rings is 1. The lowest BCUT2D eigenvalue weighted by Gasteiger charge is -2.21. The van der Waals surface area contributed by atoms with Crippen LogP contribution in [0.2, 0.25) is 0 Å². The van der Waals surface area contributed by atoms with Crippen molar-refractivity contribution in [3.63, 3.8) is 0 Å². The van der Waals surface area contributed by atoms with Crippen LogP contribution in [0.5, 0.6) is 5.75 Å². The maximum Gasteiger partial charge on any atom is 0.387 e. The number of aromatic nitrogens is 2. The number of nitrogens with zero attached hydrogens (tertiary/aromatic N) is 2. The van der Waals surface area contributed by atoms with E-state index in [1.165, 1.54) is 12.1 Å². The van der Waals surface area contributed by atoms with Gasteiger partial charge in [-0.3, -0.25) is 9.48 Å². The van der Waals surface area contributed by atoms with E-state index in [0.717, 1.165) is 12.1 Å². The Morgan fingerprint density at radius 1 is 1.41 bits per heavy atom. The molecular weight excluding hydrogens is 378 g/mol. The summed E-state index contributed by atoms with van der Waals surface area (Å²) in [5, 5.41) is 10.4. The summed E-state index contributed by atoms with van der Waals surface area (Å²) >= 11 is 0. The Morgan fingerprint density at radius 3 is 2.85 bits per heavy atom. The number of carbonyl (C=O) groups is 1. The molecule has 1 unspecified atom stereocenters. The maximum absolute atomic E-state index is 12.8. The Labute approximate surface area is 162 Å². The predicted octanol–water partition coefficient (Wildman–Crippen LogP) is 2.62. The second-order valence-corrected chi connectivity index (χ2v) is 6.50. The fourth-order valence-corrected chi connectivity index (χ4v) is 3.30. The lowest BCUT2D eigenvalue weighted by atomic mass is 9.90. The number of aryl methyl sites for hydroxylation is 1. The molecule has 2 heterocycles. The number of alkyl halides is 2. The van der Waals surface area contributed by atoms with Crippen LogP contribution in [-0.2, 0) is 11.8 Å². The Balaban J connectivity index is 0.00000261. The molecule has 27 heavy (non-hydrogen) atoms. The zero-order valence-corrected chi connectivity index (χ0v) is 15.9. The first-order chi connectivity index (χ1) is 12.4. The Hall–Kier alpha value is -2.19. The Bertz CT molecular complexity index is 771. The molecule has 2 aromatic rings. The quantitative estimate of drug-likeness (QED) is 0.782. The molecule has 0 spiro atoms. The first kappa shape index (κ1) is 21.1. The molecule has 1 aliphatic rings. The summed E-state index contributed by atoms with van der Waals surface area (Å²) in [4.78, 5) is 12.8. The van der Waals surface area contributed by atoms with Gasteiger partial charge in [0.15, 0.2) is 0 Å². The first-order valence-electron chi connectivity index (χ1n) is 8.48. The van der Waals surface area contributed by atoms with Crippen molar-refractivity contribution in [2.24, 2.45) is 13.0 Å². The largest absolute Gasteiger partial charge is 0.435 e.